The van der Waals surface area contributed by atoms with Gasteiger partial charge in [-0.2, -0.15) is 0 Å². The van der Waals surface area contributed by atoms with Gasteiger partial charge in [-0.3, -0.25) is 0 Å². The number of nitrogens with zero attached hydrogens (tertiary/aromatic N) is 2. The molecule has 1 aromatic carbocycles. The molecule has 2 rings (SSSR count). The van der Waals surface area contributed by atoms with E-state index in [1.165, 1.54) is 23.5 Å². The number of phenolic OH excluding ortho intramolecular Hbond substituents is 3. The SMILES string of the molecule is C=CC[n+]1nc(C)sc1/C=C/c1c(O)cc(O)cc1O. The van der Waals surface area contributed by atoms with Gasteiger partial charge in [0.25, 0.3) is 5.01 Å². The highest BCUT2D eigenvalue weighted by molar-refractivity contribution is 7.11. The third kappa shape index (κ3) is 2.97. The monoisotopic (exact) mass is 291 g/mol. The normalized spacial score (nSPS) is 11.1. The number of hydrogen-bond acceptors (Lipinski definition) is 5. The van der Waals surface area contributed by atoms with Crippen molar-refractivity contribution in [2.24, 2.45) is 0 Å². The van der Waals surface area contributed by atoms with Crippen LogP contribution in [-0.4, -0.2) is 20.4 Å². The first kappa shape index (κ1) is 14.1. The fourth-order valence-electron chi connectivity index (χ4n) is 1.75. The summed E-state index contributed by atoms with van der Waals surface area (Å²) in [6.45, 7) is 6.16. The zero-order valence-corrected chi connectivity index (χ0v) is 11.8. The van der Waals surface area contributed by atoms with Gasteiger partial charge in [-0.15, -0.1) is 0 Å². The van der Waals surface area contributed by atoms with Crippen LogP contribution in [0, 0.1) is 6.92 Å². The lowest BCUT2D eigenvalue weighted by Crippen LogP contribution is -2.37. The molecule has 104 valence electrons. The van der Waals surface area contributed by atoms with Gasteiger partial charge in [0.15, 0.2) is 11.6 Å². The second-order valence-electron chi connectivity index (χ2n) is 4.16. The summed E-state index contributed by atoms with van der Waals surface area (Å²) in [4.78, 5) is 0. The Morgan fingerprint density at radius 1 is 1.25 bits per heavy atom. The fraction of sp³-hybridized carbons (Fsp3) is 0.143. The molecule has 2 aromatic rings. The summed E-state index contributed by atoms with van der Waals surface area (Å²) < 4.78 is 1.78. The van der Waals surface area contributed by atoms with Gasteiger partial charge < -0.3 is 15.3 Å². The Labute approximate surface area is 120 Å². The maximum Gasteiger partial charge on any atom is 0.289 e. The first-order valence-electron chi connectivity index (χ1n) is 5.92. The van der Waals surface area contributed by atoms with Crippen LogP contribution in [-0.2, 0) is 6.54 Å². The molecule has 20 heavy (non-hydrogen) atoms. The number of rotatable bonds is 4. The summed E-state index contributed by atoms with van der Waals surface area (Å²) in [5, 5.41) is 34.8. The molecule has 0 atom stereocenters. The van der Waals surface area contributed by atoms with Crippen molar-refractivity contribution in [3.63, 3.8) is 0 Å². The molecule has 0 saturated carbocycles. The Kier molecular flexibility index (Phi) is 4.05. The van der Waals surface area contributed by atoms with E-state index in [0.717, 1.165) is 10.0 Å². The van der Waals surface area contributed by atoms with Crippen LogP contribution in [0.25, 0.3) is 12.2 Å². The summed E-state index contributed by atoms with van der Waals surface area (Å²) in [6.07, 6.45) is 5.07. The molecule has 1 aromatic heterocycles. The van der Waals surface area contributed by atoms with Crippen LogP contribution in [0.1, 0.15) is 15.6 Å². The van der Waals surface area contributed by atoms with Crippen molar-refractivity contribution in [1.29, 1.82) is 0 Å². The van der Waals surface area contributed by atoms with E-state index in [2.05, 4.69) is 11.7 Å². The van der Waals surface area contributed by atoms with Crippen molar-refractivity contribution in [3.8, 4) is 17.2 Å². The zero-order chi connectivity index (χ0) is 14.7. The van der Waals surface area contributed by atoms with Crippen molar-refractivity contribution in [1.82, 2.24) is 5.10 Å². The molecule has 0 aliphatic rings. The smallest absolute Gasteiger partial charge is 0.289 e. The number of allylic oxidation sites excluding steroid dienone is 1. The molecule has 0 radical (unpaired) electrons. The molecular formula is C14H15N2O3S+. The third-order valence-corrected chi connectivity index (χ3v) is 3.52. The largest absolute Gasteiger partial charge is 0.508 e. The van der Waals surface area contributed by atoms with Crippen LogP contribution in [0.4, 0.5) is 0 Å². The van der Waals surface area contributed by atoms with Crippen LogP contribution in [0.3, 0.4) is 0 Å². The van der Waals surface area contributed by atoms with Crippen molar-refractivity contribution < 1.29 is 20.0 Å². The molecular weight excluding hydrogens is 276 g/mol. The topological polar surface area (TPSA) is 77.5 Å². The lowest BCUT2D eigenvalue weighted by atomic mass is 10.1. The highest BCUT2D eigenvalue weighted by atomic mass is 32.1. The Hall–Kier alpha value is -2.34. The van der Waals surface area contributed by atoms with Gasteiger partial charge in [0.05, 0.1) is 5.56 Å². The molecule has 6 heteroatoms. The minimum atomic E-state index is -0.187. The average Bonchev–Trinajstić information content (AvgIpc) is 2.69. The van der Waals surface area contributed by atoms with Gasteiger partial charge in [0.1, 0.15) is 17.2 Å². The van der Waals surface area contributed by atoms with E-state index < -0.39 is 0 Å². The van der Waals surface area contributed by atoms with Gasteiger partial charge in [0.2, 0.25) is 0 Å². The van der Waals surface area contributed by atoms with Crippen LogP contribution in [0.5, 0.6) is 17.2 Å². The maximum atomic E-state index is 9.72. The molecule has 0 spiro atoms. The average molecular weight is 291 g/mol. The van der Waals surface area contributed by atoms with Crippen molar-refractivity contribution >= 4 is 23.5 Å². The Balaban J connectivity index is 2.37. The standard InChI is InChI=1S/C14H14N2O3S/c1-3-6-16-14(20-9(2)15-16)5-4-11-12(18)7-10(17)8-13(11)19/h3-5,7-8H,1,6H2,2H3,(H2,17,18,19)/p+1. The summed E-state index contributed by atoms with van der Waals surface area (Å²) in [5.41, 5.74) is 0.249. The van der Waals surface area contributed by atoms with Gasteiger partial charge in [-0.1, -0.05) is 11.3 Å². The van der Waals surface area contributed by atoms with Crippen molar-refractivity contribution in [2.45, 2.75) is 13.5 Å². The summed E-state index contributed by atoms with van der Waals surface area (Å²) in [6, 6.07) is 2.35. The maximum absolute atomic E-state index is 9.72. The summed E-state index contributed by atoms with van der Waals surface area (Å²) in [5.74, 6) is -0.557. The molecule has 3 N–H and O–H groups in total. The van der Waals surface area contributed by atoms with E-state index in [-0.39, 0.29) is 22.8 Å². The predicted molar refractivity (Wildman–Crippen MR) is 77.6 cm³/mol. The van der Waals surface area contributed by atoms with Gasteiger partial charge in [0, 0.05) is 23.3 Å². The lowest BCUT2D eigenvalue weighted by Gasteiger charge is -2.02. The van der Waals surface area contributed by atoms with E-state index in [4.69, 9.17) is 0 Å². The third-order valence-electron chi connectivity index (χ3n) is 2.58. The molecule has 5 nitrogen and oxygen atoms in total. The molecule has 0 saturated heterocycles. The lowest BCUT2D eigenvalue weighted by molar-refractivity contribution is -0.741. The molecule has 0 aliphatic heterocycles. The summed E-state index contributed by atoms with van der Waals surface area (Å²) in [7, 11) is 0. The Morgan fingerprint density at radius 2 is 1.90 bits per heavy atom. The molecule has 0 unspecified atom stereocenters. The second kappa shape index (κ2) is 5.75. The van der Waals surface area contributed by atoms with E-state index in [1.807, 2.05) is 6.92 Å². The quantitative estimate of drug-likeness (QED) is 0.596. The number of hydrogen-bond donors (Lipinski definition) is 3. The summed E-state index contributed by atoms with van der Waals surface area (Å²) >= 11 is 1.49. The van der Waals surface area contributed by atoms with E-state index in [0.29, 0.717) is 6.54 Å². The molecule has 0 aliphatic carbocycles. The van der Waals surface area contributed by atoms with E-state index in [9.17, 15) is 15.3 Å². The first-order valence-corrected chi connectivity index (χ1v) is 6.74. The molecule has 0 bridgehead atoms. The number of aromatic hydroxyl groups is 3. The van der Waals surface area contributed by atoms with Gasteiger partial charge in [-0.25, -0.2) is 0 Å². The van der Waals surface area contributed by atoms with Crippen LogP contribution >= 0.6 is 11.3 Å². The minimum Gasteiger partial charge on any atom is -0.508 e. The first-order chi connectivity index (χ1) is 9.51. The fourth-order valence-corrected chi connectivity index (χ4v) is 2.55. The Morgan fingerprint density at radius 3 is 2.50 bits per heavy atom. The highest BCUT2D eigenvalue weighted by Gasteiger charge is 2.14. The van der Waals surface area contributed by atoms with Crippen molar-refractivity contribution in [3.05, 3.63) is 40.4 Å². The minimum absolute atomic E-state index is 0.185. The number of aryl methyl sites for hydroxylation is 1. The van der Waals surface area contributed by atoms with E-state index in [1.54, 1.807) is 22.9 Å². The number of phenols is 3. The van der Waals surface area contributed by atoms with Crippen LogP contribution in [0.15, 0.2) is 24.8 Å². The Bertz CT molecular complexity index is 654. The second-order valence-corrected chi connectivity index (χ2v) is 5.37. The number of benzene rings is 1. The zero-order valence-electron chi connectivity index (χ0n) is 10.9. The number of aromatic nitrogens is 2. The molecule has 0 fully saturated rings. The van der Waals surface area contributed by atoms with Crippen molar-refractivity contribution in [2.75, 3.05) is 0 Å². The predicted octanol–water partition coefficient (Wildman–Crippen LogP) is 2.21. The highest BCUT2D eigenvalue weighted by Crippen LogP contribution is 2.33. The van der Waals surface area contributed by atoms with Gasteiger partial charge in [-0.05, 0) is 30.4 Å². The van der Waals surface area contributed by atoms with Crippen LogP contribution < -0.4 is 4.68 Å². The van der Waals surface area contributed by atoms with Gasteiger partial charge >= 0.3 is 0 Å². The molecule has 0 amide bonds. The van der Waals surface area contributed by atoms with Crippen LogP contribution in [0.2, 0.25) is 0 Å². The molecule has 1 heterocycles. The van der Waals surface area contributed by atoms with E-state index >= 15 is 0 Å².